The quantitative estimate of drug-likeness (QED) is 0.0908. The molecule has 0 aliphatic carbocycles. The third-order valence-electron chi connectivity index (χ3n) is 8.68. The van der Waals surface area contributed by atoms with E-state index in [1.165, 1.54) is 186 Å². The van der Waals surface area contributed by atoms with Crippen LogP contribution in [0.2, 0.25) is 0 Å². The normalized spacial score (nSPS) is 15.4. The van der Waals surface area contributed by atoms with Gasteiger partial charge in [0.2, 0.25) is 0 Å². The minimum atomic E-state index is 0.620. The van der Waals surface area contributed by atoms with Crippen molar-refractivity contribution in [2.75, 3.05) is 13.6 Å². The van der Waals surface area contributed by atoms with E-state index >= 15 is 0 Å². The summed E-state index contributed by atoms with van der Waals surface area (Å²) < 4.78 is 0. The first-order chi connectivity index (χ1) is 18.3. The highest BCUT2D eigenvalue weighted by Gasteiger charge is 2.22. The molecule has 0 saturated heterocycles. The molecule has 0 bridgehead atoms. The summed E-state index contributed by atoms with van der Waals surface area (Å²) in [5.74, 6) is 0. The van der Waals surface area contributed by atoms with Gasteiger partial charge >= 0.3 is 0 Å². The van der Waals surface area contributed by atoms with Gasteiger partial charge in [0.05, 0.1) is 0 Å². The van der Waals surface area contributed by atoms with Gasteiger partial charge in [-0.25, -0.2) is 0 Å². The second-order valence-electron chi connectivity index (χ2n) is 12.3. The Hall–Kier alpha value is -0.660. The van der Waals surface area contributed by atoms with Crippen LogP contribution in [0.4, 0.5) is 0 Å². The lowest BCUT2D eigenvalue weighted by molar-refractivity contribution is 0.159. The molecule has 0 radical (unpaired) electrons. The highest BCUT2D eigenvalue weighted by atomic mass is 15.4. The number of hydrogen-bond acceptors (Lipinski definition) is 2. The summed E-state index contributed by atoms with van der Waals surface area (Å²) >= 11 is 0. The molecule has 1 unspecified atom stereocenters. The maximum atomic E-state index is 2.62. The van der Waals surface area contributed by atoms with E-state index in [2.05, 4.69) is 43.1 Å². The fourth-order valence-electron chi connectivity index (χ4n) is 6.05. The van der Waals surface area contributed by atoms with Crippen LogP contribution in [0.15, 0.2) is 12.4 Å². The van der Waals surface area contributed by atoms with E-state index in [1.54, 1.807) is 0 Å². The van der Waals surface area contributed by atoms with Gasteiger partial charge in [-0.1, -0.05) is 174 Å². The molecule has 37 heavy (non-hydrogen) atoms. The molecule has 2 heteroatoms. The Balaban J connectivity index is 1.86. The molecule has 0 saturated carbocycles. The molecule has 0 fully saturated rings. The highest BCUT2D eigenvalue weighted by Crippen LogP contribution is 2.22. The molecule has 1 rings (SSSR count). The largest absolute Gasteiger partial charge is 0.359 e. The lowest BCUT2D eigenvalue weighted by atomic mass is 10.0. The van der Waals surface area contributed by atoms with Gasteiger partial charge in [0.15, 0.2) is 0 Å². The minimum absolute atomic E-state index is 0.620. The smallest absolute Gasteiger partial charge is 0.100 e. The van der Waals surface area contributed by atoms with Crippen LogP contribution in [0.25, 0.3) is 0 Å². The predicted molar refractivity (Wildman–Crippen MR) is 168 cm³/mol. The van der Waals surface area contributed by atoms with Crippen LogP contribution >= 0.6 is 0 Å². The zero-order valence-electron chi connectivity index (χ0n) is 26.1. The van der Waals surface area contributed by atoms with Gasteiger partial charge in [0, 0.05) is 26.0 Å². The Labute approximate surface area is 235 Å². The lowest BCUT2D eigenvalue weighted by Gasteiger charge is -2.30. The Bertz CT molecular complexity index is 474. The average Bonchev–Trinajstić information content (AvgIpc) is 3.25. The van der Waals surface area contributed by atoms with Crippen molar-refractivity contribution in [3.05, 3.63) is 12.4 Å². The van der Waals surface area contributed by atoms with Crippen molar-refractivity contribution in [2.45, 2.75) is 200 Å². The molecule has 0 spiro atoms. The Morgan fingerprint density at radius 2 is 0.730 bits per heavy atom. The summed E-state index contributed by atoms with van der Waals surface area (Å²) in [6.45, 7) is 5.86. The van der Waals surface area contributed by atoms with Crippen LogP contribution < -0.4 is 0 Å². The van der Waals surface area contributed by atoms with Gasteiger partial charge in [0.25, 0.3) is 0 Å². The Morgan fingerprint density at radius 3 is 1.11 bits per heavy atom. The zero-order chi connectivity index (χ0) is 26.7. The summed E-state index contributed by atoms with van der Waals surface area (Å²) in [5, 5.41) is 0. The maximum absolute atomic E-state index is 2.62. The van der Waals surface area contributed by atoms with Crippen molar-refractivity contribution in [3.8, 4) is 0 Å². The molecule has 1 aliphatic rings. The number of hydrogen-bond donors (Lipinski definition) is 0. The van der Waals surface area contributed by atoms with Gasteiger partial charge in [0.1, 0.15) is 6.17 Å². The molecule has 1 aliphatic heterocycles. The van der Waals surface area contributed by atoms with Crippen molar-refractivity contribution >= 4 is 0 Å². The summed E-state index contributed by atoms with van der Waals surface area (Å²) in [6.07, 6.45) is 45.6. The van der Waals surface area contributed by atoms with E-state index in [0.717, 1.165) is 0 Å². The first kappa shape index (κ1) is 34.4. The van der Waals surface area contributed by atoms with Crippen molar-refractivity contribution < 1.29 is 0 Å². The summed E-state index contributed by atoms with van der Waals surface area (Å²) in [7, 11) is 2.27. The number of rotatable bonds is 29. The monoisotopic (exact) mass is 519 g/mol. The van der Waals surface area contributed by atoms with Gasteiger partial charge in [-0.2, -0.15) is 0 Å². The first-order valence-corrected chi connectivity index (χ1v) is 17.5. The van der Waals surface area contributed by atoms with Gasteiger partial charge < -0.3 is 9.80 Å². The van der Waals surface area contributed by atoms with Crippen LogP contribution in [0.5, 0.6) is 0 Å². The fraction of sp³-hybridized carbons (Fsp3) is 0.943. The van der Waals surface area contributed by atoms with Crippen LogP contribution in [0.1, 0.15) is 194 Å². The molecule has 1 atom stereocenters. The van der Waals surface area contributed by atoms with E-state index in [1.807, 2.05) is 0 Å². The zero-order valence-corrected chi connectivity index (χ0v) is 26.1. The SMILES string of the molecule is CCCCCCCCCCCCCCCCCCCC1N(C)C=CN1CCCCCCCCCCCC. The van der Waals surface area contributed by atoms with Crippen LogP contribution in [-0.4, -0.2) is 29.6 Å². The Kier molecular flexibility index (Phi) is 25.0. The van der Waals surface area contributed by atoms with Crippen LogP contribution in [0, 0.1) is 0 Å². The molecule has 220 valence electrons. The predicted octanol–water partition coefficient (Wildman–Crippen LogP) is 12.0. The second kappa shape index (κ2) is 26.9. The molecule has 0 aromatic rings. The summed E-state index contributed by atoms with van der Waals surface area (Å²) in [5.41, 5.74) is 0. The van der Waals surface area contributed by atoms with E-state index in [9.17, 15) is 0 Å². The van der Waals surface area contributed by atoms with Crippen molar-refractivity contribution in [1.82, 2.24) is 9.80 Å². The number of nitrogens with zero attached hydrogens (tertiary/aromatic N) is 2. The highest BCUT2D eigenvalue weighted by molar-refractivity contribution is 4.95. The number of unbranched alkanes of at least 4 members (excludes halogenated alkanes) is 25. The van der Waals surface area contributed by atoms with Crippen molar-refractivity contribution in [2.24, 2.45) is 0 Å². The second-order valence-corrected chi connectivity index (χ2v) is 12.3. The molecular formula is C35H70N2. The van der Waals surface area contributed by atoms with E-state index in [-0.39, 0.29) is 0 Å². The molecule has 1 heterocycles. The van der Waals surface area contributed by atoms with Crippen molar-refractivity contribution in [1.29, 1.82) is 0 Å². The fourth-order valence-corrected chi connectivity index (χ4v) is 6.05. The van der Waals surface area contributed by atoms with Crippen molar-refractivity contribution in [3.63, 3.8) is 0 Å². The van der Waals surface area contributed by atoms with Crippen LogP contribution in [0.3, 0.4) is 0 Å². The minimum Gasteiger partial charge on any atom is -0.359 e. The first-order valence-electron chi connectivity index (χ1n) is 17.5. The van der Waals surface area contributed by atoms with E-state index < -0.39 is 0 Å². The lowest BCUT2D eigenvalue weighted by Crippen LogP contribution is -2.37. The average molecular weight is 519 g/mol. The molecule has 2 nitrogen and oxygen atoms in total. The Morgan fingerprint density at radius 1 is 0.405 bits per heavy atom. The third kappa shape index (κ3) is 20.9. The van der Waals surface area contributed by atoms with Gasteiger partial charge in [-0.05, 0) is 19.3 Å². The van der Waals surface area contributed by atoms with E-state index in [0.29, 0.717) is 6.17 Å². The molecular weight excluding hydrogens is 448 g/mol. The summed E-state index contributed by atoms with van der Waals surface area (Å²) in [4.78, 5) is 5.07. The van der Waals surface area contributed by atoms with Crippen LogP contribution in [-0.2, 0) is 0 Å². The van der Waals surface area contributed by atoms with E-state index in [4.69, 9.17) is 0 Å². The maximum Gasteiger partial charge on any atom is 0.100 e. The van der Waals surface area contributed by atoms with Gasteiger partial charge in [-0.3, -0.25) is 0 Å². The summed E-state index contributed by atoms with van der Waals surface area (Å²) in [6, 6.07) is 0. The molecule has 0 aromatic carbocycles. The molecule has 0 N–H and O–H groups in total. The molecule has 0 aromatic heterocycles. The molecule has 0 amide bonds. The van der Waals surface area contributed by atoms with Gasteiger partial charge in [-0.15, -0.1) is 0 Å². The third-order valence-corrected chi connectivity index (χ3v) is 8.68. The topological polar surface area (TPSA) is 6.48 Å². The standard InChI is InChI=1S/C35H70N2/c1-4-6-8-10-12-14-16-17-18-19-20-21-22-23-25-27-29-31-35-36(3)33-34-37(35)32-30-28-26-24-15-13-11-9-7-5-2/h33-35H,4-32H2,1-3H3.